The fourth-order valence-electron chi connectivity index (χ4n) is 1.93. The zero-order chi connectivity index (χ0) is 11.5. The Morgan fingerprint density at radius 1 is 1.44 bits per heavy atom. The molecular formula is C12H16N2O2. The largest absolute Gasteiger partial charge is 0.508 e. The molecule has 4 nitrogen and oxygen atoms in total. The second-order valence-corrected chi connectivity index (χ2v) is 4.27. The summed E-state index contributed by atoms with van der Waals surface area (Å²) in [6.45, 7) is 1.93. The number of nitrogens with zero attached hydrogens (tertiary/aromatic N) is 1. The third-order valence-electron chi connectivity index (χ3n) is 2.86. The quantitative estimate of drug-likeness (QED) is 0.776. The van der Waals surface area contributed by atoms with E-state index in [0.29, 0.717) is 5.56 Å². The molecule has 0 bridgehead atoms. The molecule has 16 heavy (non-hydrogen) atoms. The summed E-state index contributed by atoms with van der Waals surface area (Å²) in [6.07, 6.45) is 1.00. The molecule has 0 aliphatic carbocycles. The monoisotopic (exact) mass is 220 g/mol. The number of carbonyl (C=O) groups excluding carboxylic acids is 1. The molecule has 2 N–H and O–H groups in total. The van der Waals surface area contributed by atoms with E-state index in [2.05, 4.69) is 10.2 Å². The van der Waals surface area contributed by atoms with Gasteiger partial charge in [-0.15, -0.1) is 0 Å². The smallest absolute Gasteiger partial charge is 0.251 e. The Labute approximate surface area is 94.9 Å². The van der Waals surface area contributed by atoms with Gasteiger partial charge in [-0.2, -0.15) is 0 Å². The van der Waals surface area contributed by atoms with Gasteiger partial charge in [0.2, 0.25) is 0 Å². The number of carbonyl (C=O) groups is 1. The van der Waals surface area contributed by atoms with Crippen LogP contribution >= 0.6 is 0 Å². The highest BCUT2D eigenvalue weighted by Crippen LogP contribution is 2.11. The van der Waals surface area contributed by atoms with Crippen molar-refractivity contribution in [3.63, 3.8) is 0 Å². The summed E-state index contributed by atoms with van der Waals surface area (Å²) in [7, 11) is 2.05. The van der Waals surface area contributed by atoms with Gasteiger partial charge < -0.3 is 15.3 Å². The molecule has 1 saturated heterocycles. The van der Waals surface area contributed by atoms with Gasteiger partial charge in [0.05, 0.1) is 0 Å². The molecular weight excluding hydrogens is 204 g/mol. The van der Waals surface area contributed by atoms with Gasteiger partial charge in [0.1, 0.15) is 5.75 Å². The molecule has 86 valence electrons. The Morgan fingerprint density at radius 3 is 2.69 bits per heavy atom. The van der Waals surface area contributed by atoms with Crippen LogP contribution in [0.3, 0.4) is 0 Å². The molecule has 1 atom stereocenters. The molecule has 0 radical (unpaired) electrons. The molecule has 2 rings (SSSR count). The van der Waals surface area contributed by atoms with Gasteiger partial charge in [0.15, 0.2) is 0 Å². The molecule has 1 aliphatic heterocycles. The lowest BCUT2D eigenvalue weighted by Crippen LogP contribution is -2.36. The van der Waals surface area contributed by atoms with Crippen molar-refractivity contribution < 1.29 is 9.90 Å². The Balaban J connectivity index is 1.95. The molecule has 1 fully saturated rings. The Kier molecular flexibility index (Phi) is 3.10. The first kappa shape index (κ1) is 11.0. The number of hydrogen-bond donors (Lipinski definition) is 2. The van der Waals surface area contributed by atoms with Crippen LogP contribution in [-0.2, 0) is 0 Å². The standard InChI is InChI=1S/C12H16N2O2/c1-14-7-6-10(8-14)13-12(16)9-2-4-11(15)5-3-9/h2-5,10,15H,6-8H2,1H3,(H,13,16). The van der Waals surface area contributed by atoms with E-state index >= 15 is 0 Å². The Bertz CT molecular complexity index is 375. The van der Waals surface area contributed by atoms with Crippen molar-refractivity contribution >= 4 is 5.91 Å². The summed E-state index contributed by atoms with van der Waals surface area (Å²) in [4.78, 5) is 14.0. The highest BCUT2D eigenvalue weighted by molar-refractivity contribution is 5.94. The Morgan fingerprint density at radius 2 is 2.12 bits per heavy atom. The van der Waals surface area contributed by atoms with Gasteiger partial charge in [0.25, 0.3) is 5.91 Å². The summed E-state index contributed by atoms with van der Waals surface area (Å²) < 4.78 is 0. The lowest BCUT2D eigenvalue weighted by molar-refractivity contribution is 0.0938. The first-order valence-corrected chi connectivity index (χ1v) is 5.43. The van der Waals surface area contributed by atoms with Crippen LogP contribution in [0.15, 0.2) is 24.3 Å². The summed E-state index contributed by atoms with van der Waals surface area (Å²) in [5.41, 5.74) is 0.590. The van der Waals surface area contributed by atoms with Gasteiger partial charge in [-0.05, 0) is 44.3 Å². The average Bonchev–Trinajstić information content (AvgIpc) is 2.65. The van der Waals surface area contributed by atoms with E-state index in [1.165, 1.54) is 12.1 Å². The van der Waals surface area contributed by atoms with E-state index in [1.54, 1.807) is 12.1 Å². The highest BCUT2D eigenvalue weighted by atomic mass is 16.3. The fourth-order valence-corrected chi connectivity index (χ4v) is 1.93. The lowest BCUT2D eigenvalue weighted by Gasteiger charge is -2.12. The van der Waals surface area contributed by atoms with E-state index < -0.39 is 0 Å². The van der Waals surface area contributed by atoms with Gasteiger partial charge in [-0.1, -0.05) is 0 Å². The van der Waals surface area contributed by atoms with Crippen molar-refractivity contribution in [3.05, 3.63) is 29.8 Å². The third-order valence-corrected chi connectivity index (χ3v) is 2.86. The van der Waals surface area contributed by atoms with Crippen molar-refractivity contribution in [1.82, 2.24) is 10.2 Å². The summed E-state index contributed by atoms with van der Waals surface area (Å²) in [5.74, 6) is 0.109. The van der Waals surface area contributed by atoms with Gasteiger partial charge in [-0.3, -0.25) is 4.79 Å². The molecule has 1 unspecified atom stereocenters. The minimum Gasteiger partial charge on any atom is -0.508 e. The van der Waals surface area contributed by atoms with Crippen molar-refractivity contribution in [2.75, 3.05) is 20.1 Å². The number of amides is 1. The molecule has 0 aromatic heterocycles. The van der Waals surface area contributed by atoms with Crippen molar-refractivity contribution in [2.45, 2.75) is 12.5 Å². The van der Waals surface area contributed by atoms with E-state index in [9.17, 15) is 4.79 Å². The van der Waals surface area contributed by atoms with Crippen LogP contribution in [0.4, 0.5) is 0 Å². The zero-order valence-corrected chi connectivity index (χ0v) is 9.31. The molecule has 0 spiro atoms. The second-order valence-electron chi connectivity index (χ2n) is 4.27. The first-order chi connectivity index (χ1) is 7.65. The van der Waals surface area contributed by atoms with Crippen LogP contribution in [0.2, 0.25) is 0 Å². The van der Waals surface area contributed by atoms with E-state index in [0.717, 1.165) is 19.5 Å². The minimum absolute atomic E-state index is 0.0692. The normalized spacial score (nSPS) is 20.9. The van der Waals surface area contributed by atoms with Crippen molar-refractivity contribution in [1.29, 1.82) is 0 Å². The number of benzene rings is 1. The maximum absolute atomic E-state index is 11.8. The maximum atomic E-state index is 11.8. The Hall–Kier alpha value is -1.55. The van der Waals surface area contributed by atoms with E-state index in [-0.39, 0.29) is 17.7 Å². The molecule has 1 amide bonds. The number of phenolic OH excluding ortho intramolecular Hbond substituents is 1. The number of phenols is 1. The number of rotatable bonds is 2. The molecule has 1 heterocycles. The van der Waals surface area contributed by atoms with Crippen LogP contribution in [0.25, 0.3) is 0 Å². The molecule has 0 saturated carbocycles. The number of likely N-dealkylation sites (tertiary alicyclic amines) is 1. The SMILES string of the molecule is CN1CCC(NC(=O)c2ccc(O)cc2)C1. The zero-order valence-electron chi connectivity index (χ0n) is 9.31. The minimum atomic E-state index is -0.0692. The summed E-state index contributed by atoms with van der Waals surface area (Å²) in [5, 5.41) is 12.1. The molecule has 1 aromatic rings. The fraction of sp³-hybridized carbons (Fsp3) is 0.417. The molecule has 1 aliphatic rings. The first-order valence-electron chi connectivity index (χ1n) is 5.43. The summed E-state index contributed by atoms with van der Waals surface area (Å²) in [6, 6.07) is 6.55. The number of likely N-dealkylation sites (N-methyl/N-ethyl adjacent to an activating group) is 1. The van der Waals surface area contributed by atoms with Crippen molar-refractivity contribution in [3.8, 4) is 5.75 Å². The second kappa shape index (κ2) is 4.53. The predicted molar refractivity (Wildman–Crippen MR) is 61.5 cm³/mol. The summed E-state index contributed by atoms with van der Waals surface area (Å²) >= 11 is 0. The average molecular weight is 220 g/mol. The predicted octanol–water partition coefficient (Wildman–Crippen LogP) is 0.826. The topological polar surface area (TPSA) is 52.6 Å². The number of aromatic hydroxyl groups is 1. The van der Waals surface area contributed by atoms with Crippen LogP contribution in [0.1, 0.15) is 16.8 Å². The van der Waals surface area contributed by atoms with Crippen molar-refractivity contribution in [2.24, 2.45) is 0 Å². The van der Waals surface area contributed by atoms with Crippen LogP contribution in [0.5, 0.6) is 5.75 Å². The van der Waals surface area contributed by atoms with Gasteiger partial charge in [-0.25, -0.2) is 0 Å². The van der Waals surface area contributed by atoms with Crippen LogP contribution in [-0.4, -0.2) is 42.1 Å². The van der Waals surface area contributed by atoms with Gasteiger partial charge in [0, 0.05) is 18.2 Å². The van der Waals surface area contributed by atoms with Gasteiger partial charge >= 0.3 is 0 Å². The molecule has 1 aromatic carbocycles. The van der Waals surface area contributed by atoms with Crippen LogP contribution < -0.4 is 5.32 Å². The number of hydrogen-bond acceptors (Lipinski definition) is 3. The molecule has 4 heteroatoms. The highest BCUT2D eigenvalue weighted by Gasteiger charge is 2.21. The lowest BCUT2D eigenvalue weighted by atomic mass is 10.2. The maximum Gasteiger partial charge on any atom is 0.251 e. The van der Waals surface area contributed by atoms with E-state index in [1.807, 2.05) is 7.05 Å². The third kappa shape index (κ3) is 2.52. The van der Waals surface area contributed by atoms with Crippen LogP contribution in [0, 0.1) is 0 Å². The number of nitrogens with one attached hydrogen (secondary N) is 1. The van der Waals surface area contributed by atoms with E-state index in [4.69, 9.17) is 5.11 Å².